The number of rotatable bonds is 7. The van der Waals surface area contributed by atoms with E-state index in [1.54, 1.807) is 32.0 Å². The maximum Gasteiger partial charge on any atom is 0.265 e. The molecule has 0 heterocycles. The molecule has 0 radical (unpaired) electrons. The molecule has 1 amide bonds. The lowest BCUT2D eigenvalue weighted by Gasteiger charge is -2.16. The van der Waals surface area contributed by atoms with Crippen molar-refractivity contribution in [1.29, 1.82) is 0 Å². The van der Waals surface area contributed by atoms with E-state index < -0.39 is 16.1 Å². The van der Waals surface area contributed by atoms with E-state index in [0.717, 1.165) is 11.1 Å². The molecular formula is C24H25ClN2O4S. The van der Waals surface area contributed by atoms with E-state index in [1.807, 2.05) is 32.0 Å². The largest absolute Gasteiger partial charge is 0.481 e. The number of halogens is 1. The topological polar surface area (TPSA) is 84.5 Å². The van der Waals surface area contributed by atoms with E-state index in [4.69, 9.17) is 16.3 Å². The number of ether oxygens (including phenoxy) is 1. The number of hydrogen-bond acceptors (Lipinski definition) is 4. The molecule has 0 saturated heterocycles. The fourth-order valence-corrected chi connectivity index (χ4v) is 4.44. The molecule has 0 fully saturated rings. The van der Waals surface area contributed by atoms with Crippen molar-refractivity contribution in [1.82, 2.24) is 0 Å². The summed E-state index contributed by atoms with van der Waals surface area (Å²) < 4.78 is 33.7. The predicted octanol–water partition coefficient (Wildman–Crippen LogP) is 5.47. The van der Waals surface area contributed by atoms with Crippen LogP contribution in [-0.2, 0) is 14.8 Å². The Kier molecular flexibility index (Phi) is 7.11. The predicted molar refractivity (Wildman–Crippen MR) is 128 cm³/mol. The van der Waals surface area contributed by atoms with E-state index >= 15 is 0 Å². The first-order valence-electron chi connectivity index (χ1n) is 9.99. The minimum Gasteiger partial charge on any atom is -0.481 e. The molecule has 0 spiro atoms. The van der Waals surface area contributed by atoms with Crippen molar-refractivity contribution in [3.63, 3.8) is 0 Å². The van der Waals surface area contributed by atoms with Crippen LogP contribution in [0.4, 0.5) is 11.4 Å². The van der Waals surface area contributed by atoms with Crippen LogP contribution >= 0.6 is 11.6 Å². The molecule has 0 aromatic heterocycles. The maximum atomic E-state index is 12.7. The third-order valence-corrected chi connectivity index (χ3v) is 6.61. The van der Waals surface area contributed by atoms with Crippen molar-refractivity contribution in [3.8, 4) is 5.75 Å². The molecule has 0 aliphatic rings. The summed E-state index contributed by atoms with van der Waals surface area (Å²) in [4.78, 5) is 12.6. The van der Waals surface area contributed by atoms with Gasteiger partial charge in [0.2, 0.25) is 0 Å². The Bertz CT molecular complexity index is 1220. The summed E-state index contributed by atoms with van der Waals surface area (Å²) in [5.41, 5.74) is 3.60. The number of carbonyl (C=O) groups excluding carboxylic acids is 1. The molecule has 3 rings (SSSR count). The molecule has 1 atom stereocenters. The number of carbonyl (C=O) groups is 1. The summed E-state index contributed by atoms with van der Waals surface area (Å²) in [6.07, 6.45) is -0.730. The molecule has 2 N–H and O–H groups in total. The van der Waals surface area contributed by atoms with Crippen LogP contribution < -0.4 is 14.8 Å². The fourth-order valence-electron chi connectivity index (χ4n) is 3.14. The van der Waals surface area contributed by atoms with Crippen LogP contribution in [0.1, 0.15) is 23.6 Å². The van der Waals surface area contributed by atoms with Crippen molar-refractivity contribution < 1.29 is 17.9 Å². The second kappa shape index (κ2) is 9.63. The highest BCUT2D eigenvalue weighted by Crippen LogP contribution is 2.26. The quantitative estimate of drug-likeness (QED) is 0.477. The molecule has 6 nitrogen and oxygen atoms in total. The van der Waals surface area contributed by atoms with Gasteiger partial charge in [-0.25, -0.2) is 8.42 Å². The zero-order chi connectivity index (χ0) is 23.5. The molecular weight excluding hydrogens is 448 g/mol. The fraction of sp³-hybridized carbons (Fsp3) is 0.208. The van der Waals surface area contributed by atoms with Crippen molar-refractivity contribution in [3.05, 3.63) is 82.4 Å². The first kappa shape index (κ1) is 23.6. The zero-order valence-corrected chi connectivity index (χ0v) is 19.8. The molecule has 32 heavy (non-hydrogen) atoms. The first-order valence-corrected chi connectivity index (χ1v) is 11.8. The molecule has 168 valence electrons. The van der Waals surface area contributed by atoms with Crippen molar-refractivity contribution >= 4 is 38.9 Å². The number of nitrogens with one attached hydrogen (secondary N) is 2. The average molecular weight is 473 g/mol. The van der Waals surface area contributed by atoms with Gasteiger partial charge in [0.25, 0.3) is 15.9 Å². The van der Waals surface area contributed by atoms with Crippen LogP contribution in [0.2, 0.25) is 5.02 Å². The van der Waals surface area contributed by atoms with Crippen molar-refractivity contribution in [2.24, 2.45) is 0 Å². The van der Waals surface area contributed by atoms with Gasteiger partial charge < -0.3 is 10.1 Å². The van der Waals surface area contributed by atoms with E-state index in [-0.39, 0.29) is 10.8 Å². The second-order valence-electron chi connectivity index (χ2n) is 7.62. The first-order chi connectivity index (χ1) is 15.0. The Morgan fingerprint density at radius 3 is 2.22 bits per heavy atom. The van der Waals surface area contributed by atoms with E-state index in [2.05, 4.69) is 10.0 Å². The molecule has 0 unspecified atom stereocenters. The molecule has 8 heteroatoms. The smallest absolute Gasteiger partial charge is 0.265 e. The lowest BCUT2D eigenvalue weighted by molar-refractivity contribution is -0.122. The standard InChI is InChI=1S/C24H25ClN2O4S/c1-15-12-16(2)14-20(13-15)31-18(4)24(28)26-19-8-10-21(11-9-19)32(29,30)27-23-7-5-6-22(25)17(23)3/h5-14,18,27H,1-4H3,(H,26,28)/t18-/m1/s1. The van der Waals surface area contributed by atoms with Crippen LogP contribution in [0.5, 0.6) is 5.75 Å². The van der Waals surface area contributed by atoms with Gasteiger partial charge in [0, 0.05) is 10.7 Å². The van der Waals surface area contributed by atoms with Crippen LogP contribution in [0.25, 0.3) is 0 Å². The minimum absolute atomic E-state index is 0.0643. The van der Waals surface area contributed by atoms with Crippen LogP contribution in [-0.4, -0.2) is 20.4 Å². The maximum absolute atomic E-state index is 12.7. The van der Waals surface area contributed by atoms with Gasteiger partial charge in [-0.15, -0.1) is 0 Å². The van der Waals surface area contributed by atoms with Gasteiger partial charge in [-0.3, -0.25) is 9.52 Å². The van der Waals surface area contributed by atoms with Crippen LogP contribution in [0.15, 0.2) is 65.6 Å². The van der Waals surface area contributed by atoms with Gasteiger partial charge in [-0.1, -0.05) is 23.7 Å². The molecule has 0 bridgehead atoms. The van der Waals surface area contributed by atoms with Gasteiger partial charge in [0.05, 0.1) is 10.6 Å². The average Bonchev–Trinajstić information content (AvgIpc) is 2.71. The van der Waals surface area contributed by atoms with Gasteiger partial charge in [0.1, 0.15) is 5.75 Å². The zero-order valence-electron chi connectivity index (χ0n) is 18.3. The summed E-state index contributed by atoms with van der Waals surface area (Å²) in [7, 11) is -3.81. The molecule has 0 saturated carbocycles. The Balaban J connectivity index is 1.67. The Labute approximate surface area is 193 Å². The van der Waals surface area contributed by atoms with E-state index in [1.165, 1.54) is 24.3 Å². The molecule has 0 aliphatic heterocycles. The third kappa shape index (κ3) is 5.81. The highest BCUT2D eigenvalue weighted by atomic mass is 35.5. The normalized spacial score (nSPS) is 12.2. The van der Waals surface area contributed by atoms with E-state index in [9.17, 15) is 13.2 Å². The van der Waals surface area contributed by atoms with Crippen LogP contribution in [0.3, 0.4) is 0 Å². The summed E-state index contributed by atoms with van der Waals surface area (Å²) in [5, 5.41) is 3.21. The van der Waals surface area contributed by atoms with Gasteiger partial charge in [-0.2, -0.15) is 0 Å². The summed E-state index contributed by atoms with van der Waals surface area (Å²) in [5.74, 6) is 0.279. The lowest BCUT2D eigenvalue weighted by atomic mass is 10.1. The summed E-state index contributed by atoms with van der Waals surface area (Å²) in [6.45, 7) is 7.31. The molecule has 0 aliphatic carbocycles. The minimum atomic E-state index is -3.81. The second-order valence-corrected chi connectivity index (χ2v) is 9.70. The Hall–Kier alpha value is -3.03. The van der Waals surface area contributed by atoms with E-state index in [0.29, 0.717) is 27.7 Å². The number of hydrogen-bond donors (Lipinski definition) is 2. The molecule has 3 aromatic rings. The number of anilines is 2. The Morgan fingerprint density at radius 2 is 1.59 bits per heavy atom. The number of aryl methyl sites for hydroxylation is 2. The number of sulfonamides is 1. The monoisotopic (exact) mass is 472 g/mol. The van der Waals surface area contributed by atoms with Crippen molar-refractivity contribution in [2.45, 2.75) is 38.7 Å². The van der Waals surface area contributed by atoms with Crippen molar-refractivity contribution in [2.75, 3.05) is 10.0 Å². The number of benzene rings is 3. The summed E-state index contributed by atoms with van der Waals surface area (Å²) >= 11 is 6.06. The summed E-state index contributed by atoms with van der Waals surface area (Å²) in [6, 6.07) is 16.7. The highest BCUT2D eigenvalue weighted by molar-refractivity contribution is 7.92. The molecule has 3 aromatic carbocycles. The SMILES string of the molecule is Cc1cc(C)cc(O[C@H](C)C(=O)Nc2ccc(S(=O)(=O)Nc3cccc(Cl)c3C)cc2)c1. The number of amides is 1. The lowest BCUT2D eigenvalue weighted by Crippen LogP contribution is -2.30. The van der Waals surface area contributed by atoms with Crippen LogP contribution in [0, 0.1) is 20.8 Å². The Morgan fingerprint density at radius 1 is 0.969 bits per heavy atom. The van der Waals surface area contributed by atoms with Gasteiger partial charge in [0.15, 0.2) is 6.10 Å². The highest BCUT2D eigenvalue weighted by Gasteiger charge is 2.18. The van der Waals surface area contributed by atoms with Gasteiger partial charge >= 0.3 is 0 Å². The third-order valence-electron chi connectivity index (χ3n) is 4.82. The van der Waals surface area contributed by atoms with Gasteiger partial charge in [-0.05, 0) is 92.9 Å².